The van der Waals surface area contributed by atoms with Crippen molar-refractivity contribution < 1.29 is 13.5 Å². The lowest BCUT2D eigenvalue weighted by atomic mass is 10.0. The van der Waals surface area contributed by atoms with Crippen LogP contribution in [0.4, 0.5) is 8.78 Å². The smallest absolute Gasteiger partial charge is 0.159 e. The minimum Gasteiger partial charge on any atom is -0.372 e. The molecule has 2 atom stereocenters. The average molecular weight is 336 g/mol. The van der Waals surface area contributed by atoms with Crippen LogP contribution in [-0.4, -0.2) is 27.4 Å². The molecular formula is C17H22F2N4O. The van der Waals surface area contributed by atoms with Gasteiger partial charge in [-0.15, -0.1) is 10.2 Å². The molecule has 0 unspecified atom stereocenters. The Morgan fingerprint density at radius 1 is 1.29 bits per heavy atom. The number of ether oxygens (including phenoxy) is 1. The van der Waals surface area contributed by atoms with Crippen molar-refractivity contribution in [2.45, 2.75) is 51.9 Å². The summed E-state index contributed by atoms with van der Waals surface area (Å²) in [5, 5.41) is 11.8. The van der Waals surface area contributed by atoms with E-state index in [4.69, 9.17) is 4.74 Å². The maximum atomic E-state index is 13.5. The van der Waals surface area contributed by atoms with Gasteiger partial charge in [0.25, 0.3) is 0 Å². The molecule has 0 bridgehead atoms. The van der Waals surface area contributed by atoms with Gasteiger partial charge in [-0.25, -0.2) is 8.78 Å². The number of hydrogen-bond acceptors (Lipinski definition) is 4. The predicted octanol–water partition coefficient (Wildman–Crippen LogP) is 2.89. The largest absolute Gasteiger partial charge is 0.372 e. The van der Waals surface area contributed by atoms with E-state index in [-0.39, 0.29) is 12.1 Å². The molecular weight excluding hydrogens is 314 g/mol. The maximum Gasteiger partial charge on any atom is 0.159 e. The number of aromatic nitrogens is 3. The van der Waals surface area contributed by atoms with Gasteiger partial charge >= 0.3 is 0 Å². The first-order chi connectivity index (χ1) is 11.6. The molecule has 1 aliphatic rings. The topological polar surface area (TPSA) is 52.0 Å². The van der Waals surface area contributed by atoms with E-state index in [0.29, 0.717) is 18.7 Å². The summed E-state index contributed by atoms with van der Waals surface area (Å²) in [6.07, 6.45) is 1.53. The normalized spacial score (nSPS) is 20.7. The molecule has 24 heavy (non-hydrogen) atoms. The fourth-order valence-corrected chi connectivity index (χ4v) is 3.11. The Morgan fingerprint density at radius 2 is 2.12 bits per heavy atom. The number of nitrogens with zero attached hydrogens (tertiary/aromatic N) is 3. The third-order valence-electron chi connectivity index (χ3n) is 4.35. The number of halogens is 2. The quantitative estimate of drug-likeness (QED) is 0.881. The van der Waals surface area contributed by atoms with E-state index < -0.39 is 11.6 Å². The van der Waals surface area contributed by atoms with Crippen LogP contribution in [0, 0.1) is 18.6 Å². The van der Waals surface area contributed by atoms with E-state index in [9.17, 15) is 8.78 Å². The second kappa shape index (κ2) is 7.36. The minimum atomic E-state index is -0.847. The zero-order chi connectivity index (χ0) is 17.1. The van der Waals surface area contributed by atoms with Gasteiger partial charge in [0, 0.05) is 19.2 Å². The number of nitrogens with one attached hydrogen (secondary N) is 1. The van der Waals surface area contributed by atoms with Gasteiger partial charge in [-0.2, -0.15) is 0 Å². The zero-order valence-electron chi connectivity index (χ0n) is 13.9. The highest BCUT2D eigenvalue weighted by atomic mass is 19.2. The van der Waals surface area contributed by atoms with Crippen molar-refractivity contribution in [1.82, 2.24) is 20.1 Å². The van der Waals surface area contributed by atoms with Crippen LogP contribution in [0.3, 0.4) is 0 Å². The zero-order valence-corrected chi connectivity index (χ0v) is 13.9. The lowest BCUT2D eigenvalue weighted by Gasteiger charge is -2.20. The molecule has 0 radical (unpaired) electrons. The minimum absolute atomic E-state index is 0.0296. The molecule has 1 N–H and O–H groups in total. The summed E-state index contributed by atoms with van der Waals surface area (Å²) in [5.41, 5.74) is 0.648. The van der Waals surface area contributed by atoms with Crippen LogP contribution in [-0.2, 0) is 17.8 Å². The van der Waals surface area contributed by atoms with Gasteiger partial charge < -0.3 is 14.6 Å². The summed E-state index contributed by atoms with van der Waals surface area (Å²) in [4.78, 5) is 0. The Hall–Kier alpha value is -1.86. The highest BCUT2D eigenvalue weighted by Gasteiger charge is 2.30. The highest BCUT2D eigenvalue weighted by Crippen LogP contribution is 2.30. The molecule has 2 heterocycles. The molecule has 1 aliphatic heterocycles. The summed E-state index contributed by atoms with van der Waals surface area (Å²) in [6, 6.07) is 3.96. The SMILES string of the molecule is CCCn1c(C)nnc1CN[C@H]1CCO[C@H]1c1ccc(F)c(F)c1. The Bertz CT molecular complexity index is 704. The van der Waals surface area contributed by atoms with Gasteiger partial charge in [0.2, 0.25) is 0 Å². The maximum absolute atomic E-state index is 13.5. The summed E-state index contributed by atoms with van der Waals surface area (Å²) in [7, 11) is 0. The summed E-state index contributed by atoms with van der Waals surface area (Å²) >= 11 is 0. The van der Waals surface area contributed by atoms with Crippen molar-refractivity contribution in [2.24, 2.45) is 0 Å². The van der Waals surface area contributed by atoms with Gasteiger partial charge in [0.05, 0.1) is 12.6 Å². The van der Waals surface area contributed by atoms with Crippen molar-refractivity contribution in [2.75, 3.05) is 6.61 Å². The lowest BCUT2D eigenvalue weighted by molar-refractivity contribution is 0.0979. The Labute approximate surface area is 140 Å². The number of aryl methyl sites for hydroxylation is 1. The van der Waals surface area contributed by atoms with Gasteiger partial charge in [-0.05, 0) is 37.5 Å². The number of rotatable bonds is 6. The molecule has 1 aromatic heterocycles. The predicted molar refractivity (Wildman–Crippen MR) is 85.3 cm³/mol. The summed E-state index contributed by atoms with van der Waals surface area (Å²) < 4.78 is 34.4. The standard InChI is InChI=1S/C17H22F2N4O/c1-3-7-23-11(2)21-22-16(23)10-20-15-6-8-24-17(15)12-4-5-13(18)14(19)9-12/h4-5,9,15,17,20H,3,6-8,10H2,1-2H3/t15-,17-/m0/s1. The second-order valence-corrected chi connectivity index (χ2v) is 6.06. The number of hydrogen-bond donors (Lipinski definition) is 1. The van der Waals surface area contributed by atoms with Crippen LogP contribution >= 0.6 is 0 Å². The molecule has 0 spiro atoms. The Morgan fingerprint density at radius 3 is 2.88 bits per heavy atom. The van der Waals surface area contributed by atoms with Gasteiger partial charge in [0.15, 0.2) is 11.6 Å². The van der Waals surface area contributed by atoms with Gasteiger partial charge in [-0.1, -0.05) is 13.0 Å². The molecule has 0 aliphatic carbocycles. The first-order valence-corrected chi connectivity index (χ1v) is 8.28. The van der Waals surface area contributed by atoms with Crippen molar-refractivity contribution >= 4 is 0 Å². The van der Waals surface area contributed by atoms with E-state index in [1.165, 1.54) is 6.07 Å². The monoisotopic (exact) mass is 336 g/mol. The molecule has 130 valence electrons. The molecule has 2 aromatic rings. The molecule has 1 saturated heterocycles. The van der Waals surface area contributed by atoms with Crippen molar-refractivity contribution in [1.29, 1.82) is 0 Å². The number of benzene rings is 1. The lowest BCUT2D eigenvalue weighted by Crippen LogP contribution is -2.32. The fraction of sp³-hybridized carbons (Fsp3) is 0.529. The van der Waals surface area contributed by atoms with E-state index in [1.54, 1.807) is 6.07 Å². The molecule has 3 rings (SSSR count). The highest BCUT2D eigenvalue weighted by molar-refractivity contribution is 5.22. The van der Waals surface area contributed by atoms with E-state index in [1.807, 2.05) is 6.92 Å². The molecule has 1 fully saturated rings. The van der Waals surface area contributed by atoms with Crippen LogP contribution < -0.4 is 5.32 Å². The van der Waals surface area contributed by atoms with Crippen LogP contribution in [0.15, 0.2) is 18.2 Å². The molecule has 1 aromatic carbocycles. The second-order valence-electron chi connectivity index (χ2n) is 6.06. The van der Waals surface area contributed by atoms with Crippen molar-refractivity contribution in [3.8, 4) is 0 Å². The summed E-state index contributed by atoms with van der Waals surface area (Å²) in [6.45, 7) is 6.08. The fourth-order valence-electron chi connectivity index (χ4n) is 3.11. The first-order valence-electron chi connectivity index (χ1n) is 8.28. The van der Waals surface area contributed by atoms with E-state index in [2.05, 4.69) is 27.0 Å². The third kappa shape index (κ3) is 3.47. The van der Waals surface area contributed by atoms with Crippen LogP contribution in [0.1, 0.15) is 43.1 Å². The van der Waals surface area contributed by atoms with Crippen LogP contribution in [0.25, 0.3) is 0 Å². The molecule has 0 saturated carbocycles. The first kappa shape index (κ1) is 17.0. The molecule has 0 amide bonds. The van der Waals surface area contributed by atoms with Crippen LogP contribution in [0.5, 0.6) is 0 Å². The van der Waals surface area contributed by atoms with Gasteiger partial charge in [0.1, 0.15) is 11.6 Å². The average Bonchev–Trinajstić information content (AvgIpc) is 3.16. The van der Waals surface area contributed by atoms with Crippen molar-refractivity contribution in [3.05, 3.63) is 47.0 Å². The summed E-state index contributed by atoms with van der Waals surface area (Å²) in [5.74, 6) is 0.0863. The Balaban J connectivity index is 1.69. The van der Waals surface area contributed by atoms with Crippen molar-refractivity contribution in [3.63, 3.8) is 0 Å². The molecule has 5 nitrogen and oxygen atoms in total. The molecule has 7 heteroatoms. The van der Waals surface area contributed by atoms with Crippen LogP contribution in [0.2, 0.25) is 0 Å². The van der Waals surface area contributed by atoms with Gasteiger partial charge in [-0.3, -0.25) is 0 Å². The third-order valence-corrected chi connectivity index (χ3v) is 4.35. The van der Waals surface area contributed by atoms with E-state index >= 15 is 0 Å². The van der Waals surface area contributed by atoms with E-state index in [0.717, 1.165) is 37.1 Å². The Kier molecular flexibility index (Phi) is 5.20.